The summed E-state index contributed by atoms with van der Waals surface area (Å²) in [5, 5.41) is 3.24. The molecular weight excluding hydrogens is 368 g/mol. The maximum Gasteiger partial charge on any atom is 0.235 e. The van der Waals surface area contributed by atoms with Gasteiger partial charge in [-0.1, -0.05) is 78.9 Å². The number of nitrogens with one attached hydrogen (secondary N) is 1. The van der Waals surface area contributed by atoms with E-state index in [0.717, 1.165) is 50.1 Å². The molecule has 3 nitrogen and oxygen atoms in total. The summed E-state index contributed by atoms with van der Waals surface area (Å²) in [5.41, 5.74) is 4.23. The lowest BCUT2D eigenvalue weighted by Gasteiger charge is -2.42. The van der Waals surface area contributed by atoms with Crippen LogP contribution < -0.4 is 5.32 Å². The second-order valence-corrected chi connectivity index (χ2v) is 8.65. The number of para-hydroxylation sites is 1. The summed E-state index contributed by atoms with van der Waals surface area (Å²) in [4.78, 5) is 16.2. The zero-order valence-corrected chi connectivity index (χ0v) is 17.3. The van der Waals surface area contributed by atoms with Crippen LogP contribution in [-0.2, 0) is 23.1 Å². The SMILES string of the molecule is O=C1Nc2ccccc2CC1(c1ccccc1)[C@@H]1CCN(CCc2ccccc2)C1. The molecule has 30 heavy (non-hydrogen) atoms. The van der Waals surface area contributed by atoms with Gasteiger partial charge in [-0.2, -0.15) is 0 Å². The van der Waals surface area contributed by atoms with Crippen molar-refractivity contribution >= 4 is 11.6 Å². The van der Waals surface area contributed by atoms with E-state index in [4.69, 9.17) is 0 Å². The van der Waals surface area contributed by atoms with E-state index >= 15 is 0 Å². The summed E-state index contributed by atoms with van der Waals surface area (Å²) in [7, 11) is 0. The highest BCUT2D eigenvalue weighted by molar-refractivity contribution is 6.02. The average Bonchev–Trinajstić information content (AvgIpc) is 3.28. The van der Waals surface area contributed by atoms with E-state index in [1.54, 1.807) is 0 Å². The summed E-state index contributed by atoms with van der Waals surface area (Å²) in [6, 6.07) is 29.4. The minimum Gasteiger partial charge on any atom is -0.325 e. The number of benzene rings is 3. The van der Waals surface area contributed by atoms with Crippen molar-refractivity contribution in [1.29, 1.82) is 0 Å². The Bertz CT molecular complexity index is 1020. The molecule has 2 aliphatic rings. The van der Waals surface area contributed by atoms with Gasteiger partial charge in [-0.3, -0.25) is 4.79 Å². The average molecular weight is 397 g/mol. The van der Waals surface area contributed by atoms with Crippen molar-refractivity contribution in [2.75, 3.05) is 25.0 Å². The molecule has 5 rings (SSSR count). The highest BCUT2D eigenvalue weighted by atomic mass is 16.2. The number of likely N-dealkylation sites (tertiary alicyclic amines) is 1. The molecule has 0 spiro atoms. The van der Waals surface area contributed by atoms with Crippen LogP contribution in [0.15, 0.2) is 84.9 Å². The first-order valence-electron chi connectivity index (χ1n) is 11.0. The van der Waals surface area contributed by atoms with Crippen LogP contribution in [0.3, 0.4) is 0 Å². The molecule has 3 heteroatoms. The van der Waals surface area contributed by atoms with Gasteiger partial charge >= 0.3 is 0 Å². The highest BCUT2D eigenvalue weighted by Gasteiger charge is 2.51. The van der Waals surface area contributed by atoms with Gasteiger partial charge in [0, 0.05) is 18.8 Å². The molecule has 1 amide bonds. The molecule has 1 N–H and O–H groups in total. The summed E-state index contributed by atoms with van der Waals surface area (Å²) in [5.74, 6) is 0.464. The number of nitrogens with zero attached hydrogens (tertiary/aromatic N) is 1. The van der Waals surface area contributed by atoms with Crippen LogP contribution in [0.5, 0.6) is 0 Å². The Labute approximate surface area is 178 Å². The number of carbonyl (C=O) groups excluding carboxylic acids is 1. The smallest absolute Gasteiger partial charge is 0.235 e. The second kappa shape index (κ2) is 8.08. The standard InChI is InChI=1S/C27H28N2O/c30-26-27(23-12-5-2-6-13-23,19-22-11-7-8-14-25(22)28-26)24-16-18-29(20-24)17-15-21-9-3-1-4-10-21/h1-14,24H,15-20H2,(H,28,30)/t24-,27?/m1/s1. The van der Waals surface area contributed by atoms with E-state index in [-0.39, 0.29) is 5.91 Å². The molecule has 0 aromatic heterocycles. The van der Waals surface area contributed by atoms with E-state index in [1.807, 2.05) is 18.2 Å². The molecule has 2 aliphatic heterocycles. The van der Waals surface area contributed by atoms with Gasteiger partial charge in [0.1, 0.15) is 0 Å². The number of anilines is 1. The number of amides is 1. The molecule has 0 bridgehead atoms. The van der Waals surface area contributed by atoms with E-state index < -0.39 is 5.41 Å². The Kier molecular flexibility index (Phi) is 5.14. The normalized spacial score (nSPS) is 23.7. The number of fused-ring (bicyclic) bond motifs is 1. The van der Waals surface area contributed by atoms with Gasteiger partial charge in [0.05, 0.1) is 5.41 Å². The first kappa shape index (κ1) is 19.1. The molecule has 1 saturated heterocycles. The van der Waals surface area contributed by atoms with Gasteiger partial charge in [-0.25, -0.2) is 0 Å². The van der Waals surface area contributed by atoms with Crippen LogP contribution >= 0.6 is 0 Å². The fourth-order valence-electron chi connectivity index (χ4n) is 5.31. The third-order valence-corrected chi connectivity index (χ3v) is 6.96. The zero-order chi connectivity index (χ0) is 20.4. The zero-order valence-electron chi connectivity index (χ0n) is 17.3. The van der Waals surface area contributed by atoms with E-state index in [1.165, 1.54) is 11.1 Å². The second-order valence-electron chi connectivity index (χ2n) is 8.65. The van der Waals surface area contributed by atoms with Crippen molar-refractivity contribution < 1.29 is 4.79 Å². The molecule has 3 aromatic carbocycles. The van der Waals surface area contributed by atoms with Crippen LogP contribution in [0.2, 0.25) is 0 Å². The number of rotatable bonds is 5. The third-order valence-electron chi connectivity index (χ3n) is 6.96. The van der Waals surface area contributed by atoms with E-state index in [0.29, 0.717) is 5.92 Å². The Morgan fingerprint density at radius 2 is 1.60 bits per heavy atom. The highest BCUT2D eigenvalue weighted by Crippen LogP contribution is 2.45. The minimum atomic E-state index is -0.503. The Morgan fingerprint density at radius 1 is 0.900 bits per heavy atom. The molecule has 1 fully saturated rings. The van der Waals surface area contributed by atoms with Crippen LogP contribution in [0, 0.1) is 5.92 Å². The van der Waals surface area contributed by atoms with Crippen molar-refractivity contribution in [3.8, 4) is 0 Å². The van der Waals surface area contributed by atoms with Crippen molar-refractivity contribution in [2.24, 2.45) is 5.92 Å². The summed E-state index contributed by atoms with van der Waals surface area (Å²) < 4.78 is 0. The first-order chi connectivity index (χ1) is 14.8. The third kappa shape index (κ3) is 3.44. The maximum atomic E-state index is 13.6. The molecule has 0 saturated carbocycles. The Hall–Kier alpha value is -2.91. The largest absolute Gasteiger partial charge is 0.325 e. The van der Waals surface area contributed by atoms with Gasteiger partial charge in [0.25, 0.3) is 0 Å². The predicted octanol–water partition coefficient (Wildman–Crippen LogP) is 4.68. The molecule has 0 radical (unpaired) electrons. The van der Waals surface area contributed by atoms with E-state index in [2.05, 4.69) is 76.9 Å². The maximum absolute atomic E-state index is 13.6. The molecule has 2 heterocycles. The molecule has 1 unspecified atom stereocenters. The fourth-order valence-corrected chi connectivity index (χ4v) is 5.31. The van der Waals surface area contributed by atoms with Gasteiger partial charge in [0.15, 0.2) is 0 Å². The Morgan fingerprint density at radius 3 is 2.40 bits per heavy atom. The topological polar surface area (TPSA) is 32.3 Å². The molecule has 2 atom stereocenters. The summed E-state index contributed by atoms with van der Waals surface area (Å²) in [6.07, 6.45) is 2.89. The summed E-state index contributed by atoms with van der Waals surface area (Å²) in [6.45, 7) is 3.07. The predicted molar refractivity (Wildman–Crippen MR) is 122 cm³/mol. The van der Waals surface area contributed by atoms with Crippen molar-refractivity contribution in [3.05, 3.63) is 102 Å². The van der Waals surface area contributed by atoms with Gasteiger partial charge < -0.3 is 10.2 Å². The van der Waals surface area contributed by atoms with Crippen molar-refractivity contribution in [3.63, 3.8) is 0 Å². The number of hydrogen-bond donors (Lipinski definition) is 1. The number of carbonyl (C=O) groups is 1. The molecule has 152 valence electrons. The molecule has 3 aromatic rings. The fraction of sp³-hybridized carbons (Fsp3) is 0.296. The Balaban J connectivity index is 1.42. The summed E-state index contributed by atoms with van der Waals surface area (Å²) >= 11 is 0. The number of hydrogen-bond acceptors (Lipinski definition) is 2. The molecule has 0 aliphatic carbocycles. The first-order valence-corrected chi connectivity index (χ1v) is 11.0. The van der Waals surface area contributed by atoms with Crippen molar-refractivity contribution in [2.45, 2.75) is 24.7 Å². The molecular formula is C27H28N2O. The van der Waals surface area contributed by atoms with Crippen LogP contribution in [0.1, 0.15) is 23.1 Å². The van der Waals surface area contributed by atoms with Crippen LogP contribution in [0.25, 0.3) is 0 Å². The van der Waals surface area contributed by atoms with Crippen LogP contribution in [0.4, 0.5) is 5.69 Å². The van der Waals surface area contributed by atoms with E-state index in [9.17, 15) is 4.79 Å². The lowest BCUT2D eigenvalue weighted by Crippen LogP contribution is -2.51. The minimum absolute atomic E-state index is 0.155. The quantitative estimate of drug-likeness (QED) is 0.679. The van der Waals surface area contributed by atoms with Crippen molar-refractivity contribution in [1.82, 2.24) is 4.90 Å². The van der Waals surface area contributed by atoms with Gasteiger partial charge in [-0.15, -0.1) is 0 Å². The lowest BCUT2D eigenvalue weighted by atomic mass is 9.64. The van der Waals surface area contributed by atoms with Gasteiger partial charge in [-0.05, 0) is 54.5 Å². The van der Waals surface area contributed by atoms with Gasteiger partial charge in [0.2, 0.25) is 5.91 Å². The van der Waals surface area contributed by atoms with Crippen LogP contribution in [-0.4, -0.2) is 30.4 Å². The lowest BCUT2D eigenvalue weighted by molar-refractivity contribution is -0.124. The monoisotopic (exact) mass is 396 g/mol.